The molecule has 2 bridgehead atoms. The standard InChI is InChI=1S/C26H32F3N3O2.ClH/c27-26(28,29)17-5-7-18(8-6-17)31-24(34)22-20-10-9-19(25(20)11-12-25)21(22)23(33)30-13-1-2-14-32-15-3-4-16-32;/h5-10,19-22H,1-4,11-16H2,(H,30,33)(H,31,34);1H/t19-,20+,21-,22-;/m1./s1. The summed E-state index contributed by atoms with van der Waals surface area (Å²) in [4.78, 5) is 29.0. The van der Waals surface area contributed by atoms with Crippen LogP contribution in [0.4, 0.5) is 18.9 Å². The molecule has 1 aliphatic heterocycles. The number of likely N-dealkylation sites (tertiary alicyclic amines) is 1. The maximum atomic E-state index is 13.3. The molecule has 2 saturated carbocycles. The van der Waals surface area contributed by atoms with Crippen LogP contribution in [0.5, 0.6) is 0 Å². The van der Waals surface area contributed by atoms with E-state index in [0.29, 0.717) is 12.2 Å². The van der Waals surface area contributed by atoms with Crippen molar-refractivity contribution in [3.63, 3.8) is 0 Å². The predicted octanol–water partition coefficient (Wildman–Crippen LogP) is 4.89. The van der Waals surface area contributed by atoms with Gasteiger partial charge in [0, 0.05) is 12.2 Å². The second kappa shape index (κ2) is 10.1. The number of nitrogens with zero attached hydrogens (tertiary/aromatic N) is 1. The Labute approximate surface area is 210 Å². The molecule has 2 N–H and O–H groups in total. The lowest BCUT2D eigenvalue weighted by Gasteiger charge is -2.26. The molecule has 1 aromatic carbocycles. The molecule has 1 saturated heterocycles. The Morgan fingerprint density at radius 1 is 0.943 bits per heavy atom. The number of unbranched alkanes of at least 4 members (excludes halogenated alkanes) is 1. The molecule has 0 unspecified atom stereocenters. The quantitative estimate of drug-likeness (QED) is 0.386. The van der Waals surface area contributed by atoms with E-state index in [4.69, 9.17) is 0 Å². The van der Waals surface area contributed by atoms with E-state index in [2.05, 4.69) is 27.7 Å². The van der Waals surface area contributed by atoms with E-state index in [-0.39, 0.29) is 41.5 Å². The van der Waals surface area contributed by atoms with Crippen molar-refractivity contribution in [2.45, 2.75) is 44.7 Å². The van der Waals surface area contributed by atoms with Crippen molar-refractivity contribution < 1.29 is 22.8 Å². The first-order chi connectivity index (χ1) is 16.3. The lowest BCUT2D eigenvalue weighted by molar-refractivity contribution is -0.137. The third-order valence-corrected chi connectivity index (χ3v) is 8.33. The number of rotatable bonds is 8. The molecule has 35 heavy (non-hydrogen) atoms. The fraction of sp³-hybridized carbons (Fsp3) is 0.615. The number of carbonyl (C=O) groups excluding carboxylic acids is 2. The molecule has 0 aromatic heterocycles. The Hall–Kier alpha value is -2.06. The van der Waals surface area contributed by atoms with Crippen molar-refractivity contribution in [3.05, 3.63) is 42.0 Å². The topological polar surface area (TPSA) is 61.4 Å². The SMILES string of the molecule is Cl.O=C(NCCCCN1CCCC1)[C@H]1[C@H](C(=O)Nc2ccc(C(F)(F)F)cc2)[C@@H]2C=C[C@H]1C21CC1. The maximum absolute atomic E-state index is 13.3. The van der Waals surface area contributed by atoms with Gasteiger partial charge in [0.25, 0.3) is 0 Å². The summed E-state index contributed by atoms with van der Waals surface area (Å²) < 4.78 is 38.5. The first kappa shape index (κ1) is 26.0. The Morgan fingerprint density at radius 3 is 2.11 bits per heavy atom. The van der Waals surface area contributed by atoms with E-state index >= 15 is 0 Å². The number of anilines is 1. The number of amides is 2. The fourth-order valence-electron chi connectivity index (χ4n) is 6.47. The van der Waals surface area contributed by atoms with Gasteiger partial charge in [-0.2, -0.15) is 13.2 Å². The highest BCUT2D eigenvalue weighted by molar-refractivity contribution is 5.97. The van der Waals surface area contributed by atoms with Crippen molar-refractivity contribution in [2.24, 2.45) is 29.1 Å². The average molecular weight is 512 g/mol. The Morgan fingerprint density at radius 2 is 1.54 bits per heavy atom. The molecule has 1 aromatic rings. The summed E-state index contributed by atoms with van der Waals surface area (Å²) in [7, 11) is 0. The van der Waals surface area contributed by atoms with Gasteiger partial charge in [-0.05, 0) is 99.7 Å². The molecule has 5 rings (SSSR count). The molecule has 0 radical (unpaired) electrons. The van der Waals surface area contributed by atoms with Crippen LogP contribution in [0.2, 0.25) is 0 Å². The molecular formula is C26H33ClF3N3O2. The lowest BCUT2D eigenvalue weighted by atomic mass is 9.81. The van der Waals surface area contributed by atoms with Gasteiger partial charge in [0.1, 0.15) is 0 Å². The lowest BCUT2D eigenvalue weighted by Crippen LogP contribution is -2.42. The van der Waals surface area contributed by atoms with Crippen molar-refractivity contribution >= 4 is 29.9 Å². The van der Waals surface area contributed by atoms with Crippen LogP contribution >= 0.6 is 12.4 Å². The molecule has 4 atom stereocenters. The highest BCUT2D eigenvalue weighted by atomic mass is 35.5. The molecule has 1 heterocycles. The summed E-state index contributed by atoms with van der Waals surface area (Å²) in [6.07, 6.45) is 6.28. The highest BCUT2D eigenvalue weighted by Gasteiger charge is 2.69. The van der Waals surface area contributed by atoms with Gasteiger partial charge >= 0.3 is 6.18 Å². The van der Waals surface area contributed by atoms with Gasteiger partial charge in [-0.1, -0.05) is 12.2 Å². The number of hydrogen-bond donors (Lipinski definition) is 2. The van der Waals surface area contributed by atoms with E-state index in [1.165, 1.54) is 38.1 Å². The van der Waals surface area contributed by atoms with Gasteiger partial charge in [-0.3, -0.25) is 9.59 Å². The number of alkyl halides is 3. The zero-order chi connectivity index (χ0) is 23.9. The maximum Gasteiger partial charge on any atom is 0.416 e. The fourth-order valence-corrected chi connectivity index (χ4v) is 6.47. The van der Waals surface area contributed by atoms with E-state index in [1.54, 1.807) is 0 Å². The van der Waals surface area contributed by atoms with Crippen LogP contribution in [0, 0.1) is 29.1 Å². The molecule has 3 aliphatic carbocycles. The number of hydrogen-bond acceptors (Lipinski definition) is 3. The van der Waals surface area contributed by atoms with Gasteiger partial charge < -0.3 is 15.5 Å². The summed E-state index contributed by atoms with van der Waals surface area (Å²) in [5.74, 6) is -1.20. The van der Waals surface area contributed by atoms with E-state index in [1.807, 2.05) is 0 Å². The molecule has 192 valence electrons. The van der Waals surface area contributed by atoms with E-state index in [9.17, 15) is 22.8 Å². The predicted molar refractivity (Wildman–Crippen MR) is 130 cm³/mol. The Bertz CT molecular complexity index is 956. The van der Waals surface area contributed by atoms with Gasteiger partial charge in [-0.25, -0.2) is 0 Å². The molecule has 9 heteroatoms. The average Bonchev–Trinajstić information content (AvgIpc) is 3.16. The number of carbonyl (C=O) groups is 2. The summed E-state index contributed by atoms with van der Waals surface area (Å²) in [6, 6.07) is 4.47. The minimum Gasteiger partial charge on any atom is -0.356 e. The highest BCUT2D eigenvalue weighted by Crippen LogP contribution is 2.72. The molecule has 2 amide bonds. The molecule has 3 fully saturated rings. The van der Waals surface area contributed by atoms with Crippen molar-refractivity contribution in [2.75, 3.05) is 31.5 Å². The number of halogens is 4. The van der Waals surface area contributed by atoms with Crippen molar-refractivity contribution in [3.8, 4) is 0 Å². The Balaban J connectivity index is 0.00000289. The first-order valence-corrected chi connectivity index (χ1v) is 12.5. The summed E-state index contributed by atoms with van der Waals surface area (Å²) >= 11 is 0. The largest absolute Gasteiger partial charge is 0.416 e. The number of nitrogens with one attached hydrogen (secondary N) is 2. The Kier molecular flexibility index (Phi) is 7.53. The van der Waals surface area contributed by atoms with Crippen LogP contribution in [0.25, 0.3) is 0 Å². The van der Waals surface area contributed by atoms with Crippen LogP contribution in [0.15, 0.2) is 36.4 Å². The van der Waals surface area contributed by atoms with Gasteiger partial charge in [0.05, 0.1) is 17.4 Å². The summed E-state index contributed by atoms with van der Waals surface area (Å²) in [5.41, 5.74) is -0.428. The minimum atomic E-state index is -4.42. The summed E-state index contributed by atoms with van der Waals surface area (Å²) in [5, 5.41) is 5.86. The molecule has 4 aliphatic rings. The molecular weight excluding hydrogens is 479 g/mol. The monoisotopic (exact) mass is 511 g/mol. The normalized spacial score (nSPS) is 28.2. The number of benzene rings is 1. The first-order valence-electron chi connectivity index (χ1n) is 12.5. The third-order valence-electron chi connectivity index (χ3n) is 8.33. The zero-order valence-electron chi connectivity index (χ0n) is 19.7. The van der Waals surface area contributed by atoms with Gasteiger partial charge in [0.2, 0.25) is 11.8 Å². The van der Waals surface area contributed by atoms with Gasteiger partial charge in [0.15, 0.2) is 0 Å². The van der Waals surface area contributed by atoms with Crippen LogP contribution in [-0.4, -0.2) is 42.9 Å². The van der Waals surface area contributed by atoms with Gasteiger partial charge in [-0.15, -0.1) is 12.4 Å². The van der Waals surface area contributed by atoms with Crippen LogP contribution < -0.4 is 10.6 Å². The van der Waals surface area contributed by atoms with Crippen LogP contribution in [0.3, 0.4) is 0 Å². The van der Waals surface area contributed by atoms with Crippen LogP contribution in [-0.2, 0) is 15.8 Å². The second-order valence-corrected chi connectivity index (χ2v) is 10.3. The van der Waals surface area contributed by atoms with E-state index in [0.717, 1.165) is 44.4 Å². The molecule has 5 nitrogen and oxygen atoms in total. The smallest absolute Gasteiger partial charge is 0.356 e. The van der Waals surface area contributed by atoms with E-state index < -0.39 is 23.6 Å². The minimum absolute atomic E-state index is 0. The summed E-state index contributed by atoms with van der Waals surface area (Å²) in [6.45, 7) is 4.00. The van der Waals surface area contributed by atoms with Crippen molar-refractivity contribution in [1.29, 1.82) is 0 Å². The molecule has 1 spiro atoms. The number of allylic oxidation sites excluding steroid dienone is 2. The van der Waals surface area contributed by atoms with Crippen LogP contribution in [0.1, 0.15) is 44.1 Å². The third kappa shape index (κ3) is 5.10. The zero-order valence-corrected chi connectivity index (χ0v) is 20.5. The second-order valence-electron chi connectivity index (χ2n) is 10.3. The van der Waals surface area contributed by atoms with Crippen molar-refractivity contribution in [1.82, 2.24) is 10.2 Å².